The van der Waals surface area contributed by atoms with Gasteiger partial charge in [-0.25, -0.2) is 17.6 Å². The van der Waals surface area contributed by atoms with Crippen molar-refractivity contribution < 1.29 is 17.6 Å². The van der Waals surface area contributed by atoms with Crippen LogP contribution in [0.5, 0.6) is 0 Å². The Morgan fingerprint density at radius 1 is 0.595 bits per heavy atom. The van der Waals surface area contributed by atoms with Crippen LogP contribution in [0.15, 0.2) is 60.7 Å². The summed E-state index contributed by atoms with van der Waals surface area (Å²) in [7, 11) is 0. The fourth-order valence-corrected chi connectivity index (χ4v) is 4.89. The molecule has 4 aromatic rings. The summed E-state index contributed by atoms with van der Waals surface area (Å²) in [6.45, 7) is 2.13. The first kappa shape index (κ1) is 27.2. The van der Waals surface area contributed by atoms with Crippen LogP contribution in [0.3, 0.4) is 0 Å². The molecule has 4 aromatic carbocycles. The van der Waals surface area contributed by atoms with Crippen LogP contribution < -0.4 is 0 Å². The second-order valence-electron chi connectivity index (χ2n) is 9.69. The number of fused-ring (bicyclic) bond motifs is 1. The molecule has 0 saturated carbocycles. The molecule has 5 heteroatoms. The number of benzene rings is 4. The molecular formula is C32H31ClF4. The van der Waals surface area contributed by atoms with Crippen LogP contribution >= 0.6 is 11.6 Å². The Bertz CT molecular complexity index is 1360. The number of aryl methyl sites for hydroxylation is 4. The summed E-state index contributed by atoms with van der Waals surface area (Å²) in [5, 5.41) is 1.30. The molecule has 0 heterocycles. The van der Waals surface area contributed by atoms with E-state index in [0.717, 1.165) is 42.2 Å². The highest BCUT2D eigenvalue weighted by molar-refractivity contribution is 6.30. The van der Waals surface area contributed by atoms with Crippen molar-refractivity contribution in [1.82, 2.24) is 0 Å². The largest absolute Gasteiger partial charge is 0.207 e. The number of hydrogen-bond acceptors (Lipinski definition) is 0. The average molecular weight is 527 g/mol. The first-order valence-electron chi connectivity index (χ1n) is 13.0. The molecule has 0 N–H and O–H groups in total. The van der Waals surface area contributed by atoms with Crippen LogP contribution in [0.4, 0.5) is 17.6 Å². The highest BCUT2D eigenvalue weighted by Gasteiger charge is 2.13. The molecule has 0 spiro atoms. The zero-order valence-electron chi connectivity index (χ0n) is 21.0. The van der Waals surface area contributed by atoms with Gasteiger partial charge in [-0.1, -0.05) is 74.2 Å². The van der Waals surface area contributed by atoms with Crippen molar-refractivity contribution in [2.24, 2.45) is 0 Å². The monoisotopic (exact) mass is 526 g/mol. The lowest BCUT2D eigenvalue weighted by Crippen LogP contribution is -2.02. The van der Waals surface area contributed by atoms with E-state index in [1.54, 1.807) is 18.2 Å². The Hall–Kier alpha value is -2.85. The van der Waals surface area contributed by atoms with Crippen molar-refractivity contribution >= 4 is 22.4 Å². The summed E-state index contributed by atoms with van der Waals surface area (Å²) in [6.07, 6.45) is 6.53. The van der Waals surface area contributed by atoms with E-state index in [0.29, 0.717) is 42.2 Å². The van der Waals surface area contributed by atoms with E-state index in [-0.39, 0.29) is 22.8 Å². The molecule has 0 saturated heterocycles. The molecule has 0 fully saturated rings. The lowest BCUT2D eigenvalue weighted by molar-refractivity contribution is 0.549. The quantitative estimate of drug-likeness (QED) is 0.135. The Balaban J connectivity index is 1.41. The van der Waals surface area contributed by atoms with Crippen LogP contribution in [0, 0.1) is 23.3 Å². The smallest absolute Gasteiger partial charge is 0.142 e. The first-order valence-corrected chi connectivity index (χ1v) is 13.3. The normalized spacial score (nSPS) is 11.4. The molecule has 0 aliphatic carbocycles. The zero-order valence-corrected chi connectivity index (χ0v) is 21.8. The summed E-state index contributed by atoms with van der Waals surface area (Å²) in [6, 6.07) is 16.5. The predicted molar refractivity (Wildman–Crippen MR) is 144 cm³/mol. The van der Waals surface area contributed by atoms with E-state index in [9.17, 15) is 13.2 Å². The second-order valence-corrected chi connectivity index (χ2v) is 10.1. The van der Waals surface area contributed by atoms with E-state index < -0.39 is 17.5 Å². The molecule has 0 radical (unpaired) electrons. The van der Waals surface area contributed by atoms with Gasteiger partial charge in [0.1, 0.15) is 23.3 Å². The van der Waals surface area contributed by atoms with Gasteiger partial charge >= 0.3 is 0 Å². The molecule has 0 aromatic heterocycles. The summed E-state index contributed by atoms with van der Waals surface area (Å²) in [4.78, 5) is 0. The predicted octanol–water partition coefficient (Wildman–Crippen LogP) is 9.74. The maximum atomic E-state index is 15.2. The molecule has 0 nitrogen and oxygen atoms in total. The number of halogens is 5. The van der Waals surface area contributed by atoms with Gasteiger partial charge in [0.25, 0.3) is 0 Å². The fourth-order valence-electron chi connectivity index (χ4n) is 4.77. The summed E-state index contributed by atoms with van der Waals surface area (Å²) in [5.74, 6) is -1.78. The number of hydrogen-bond donors (Lipinski definition) is 0. The SMILES string of the molecule is CCCCCCc1cc(F)c(CCc2ccc3c(F)c(CCc4ccc(Cl)c(F)c4)ccc3c2)c(F)c1. The van der Waals surface area contributed by atoms with Crippen molar-refractivity contribution in [2.75, 3.05) is 0 Å². The van der Waals surface area contributed by atoms with Crippen molar-refractivity contribution in [2.45, 2.75) is 64.7 Å². The number of unbranched alkanes of at least 4 members (excludes halogenated alkanes) is 3. The topological polar surface area (TPSA) is 0 Å². The van der Waals surface area contributed by atoms with E-state index in [4.69, 9.17) is 11.6 Å². The first-order chi connectivity index (χ1) is 17.9. The van der Waals surface area contributed by atoms with Crippen molar-refractivity contribution in [3.8, 4) is 0 Å². The van der Waals surface area contributed by atoms with Gasteiger partial charge in [-0.05, 0) is 90.4 Å². The third-order valence-electron chi connectivity index (χ3n) is 6.95. The number of rotatable bonds is 11. The van der Waals surface area contributed by atoms with Gasteiger partial charge in [0.2, 0.25) is 0 Å². The molecule has 194 valence electrons. The molecule has 0 atom stereocenters. The van der Waals surface area contributed by atoms with Crippen LogP contribution in [0.1, 0.15) is 60.4 Å². The lowest BCUT2D eigenvalue weighted by atomic mass is 9.96. The lowest BCUT2D eigenvalue weighted by Gasteiger charge is -2.11. The Morgan fingerprint density at radius 3 is 2.00 bits per heavy atom. The molecule has 37 heavy (non-hydrogen) atoms. The van der Waals surface area contributed by atoms with E-state index in [2.05, 4.69) is 6.92 Å². The highest BCUT2D eigenvalue weighted by atomic mass is 35.5. The Morgan fingerprint density at radius 2 is 1.27 bits per heavy atom. The maximum Gasteiger partial charge on any atom is 0.142 e. The zero-order chi connectivity index (χ0) is 26.4. The van der Waals surface area contributed by atoms with E-state index in [1.807, 2.05) is 18.2 Å². The molecule has 0 aliphatic rings. The van der Waals surface area contributed by atoms with Crippen LogP contribution in [-0.2, 0) is 32.1 Å². The third-order valence-corrected chi connectivity index (χ3v) is 7.26. The Kier molecular flexibility index (Phi) is 9.26. The highest BCUT2D eigenvalue weighted by Crippen LogP contribution is 2.26. The minimum atomic E-state index is -0.498. The summed E-state index contributed by atoms with van der Waals surface area (Å²) >= 11 is 5.73. The average Bonchev–Trinajstić information content (AvgIpc) is 2.88. The fraction of sp³-hybridized carbons (Fsp3) is 0.312. The van der Waals surface area contributed by atoms with E-state index >= 15 is 4.39 Å². The van der Waals surface area contributed by atoms with Gasteiger partial charge in [-0.2, -0.15) is 0 Å². The van der Waals surface area contributed by atoms with Gasteiger partial charge < -0.3 is 0 Å². The molecule has 0 aliphatic heterocycles. The van der Waals surface area contributed by atoms with Gasteiger partial charge in [-0.3, -0.25) is 0 Å². The van der Waals surface area contributed by atoms with Gasteiger partial charge in [0.15, 0.2) is 0 Å². The second kappa shape index (κ2) is 12.6. The maximum absolute atomic E-state index is 15.2. The molecule has 4 rings (SSSR count). The minimum absolute atomic E-state index is 0.0664. The summed E-state index contributed by atoms with van der Waals surface area (Å²) in [5.41, 5.74) is 2.99. The van der Waals surface area contributed by atoms with Crippen LogP contribution in [-0.4, -0.2) is 0 Å². The molecule has 0 unspecified atom stereocenters. The van der Waals surface area contributed by atoms with E-state index in [1.165, 1.54) is 24.3 Å². The van der Waals surface area contributed by atoms with Crippen molar-refractivity contribution in [3.05, 3.63) is 117 Å². The molecular weight excluding hydrogens is 496 g/mol. The Labute approximate surface area is 221 Å². The standard InChI is InChI=1S/C32H31ClF4/c1-2-3-4-5-6-23-19-29(34)27(30(35)20-23)15-9-21-8-14-26-25(17-21)13-12-24(32(26)37)11-7-22-10-16-28(33)31(36)18-22/h8,10,12-14,16-20H,2-7,9,11,15H2,1H3. The molecule has 0 bridgehead atoms. The van der Waals surface area contributed by atoms with Crippen molar-refractivity contribution in [1.29, 1.82) is 0 Å². The van der Waals surface area contributed by atoms with Gasteiger partial charge in [0, 0.05) is 10.9 Å². The minimum Gasteiger partial charge on any atom is -0.207 e. The van der Waals surface area contributed by atoms with Crippen LogP contribution in [0.2, 0.25) is 5.02 Å². The van der Waals surface area contributed by atoms with Crippen molar-refractivity contribution in [3.63, 3.8) is 0 Å². The van der Waals surface area contributed by atoms with Crippen LogP contribution in [0.25, 0.3) is 10.8 Å². The molecule has 0 amide bonds. The third kappa shape index (κ3) is 6.93. The summed E-state index contributed by atoms with van der Waals surface area (Å²) < 4.78 is 58.2. The van der Waals surface area contributed by atoms with Gasteiger partial charge in [0.05, 0.1) is 5.02 Å². The van der Waals surface area contributed by atoms with Gasteiger partial charge in [-0.15, -0.1) is 0 Å².